The summed E-state index contributed by atoms with van der Waals surface area (Å²) in [5, 5.41) is 24.0. The molecule has 0 aliphatic carbocycles. The van der Waals surface area contributed by atoms with Crippen LogP contribution in [0, 0.1) is 5.92 Å². The molecule has 7 N–H and O–H groups in total. The number of imidazole rings is 1. The van der Waals surface area contributed by atoms with Crippen molar-refractivity contribution in [1.29, 1.82) is 0 Å². The van der Waals surface area contributed by atoms with Crippen LogP contribution in [0.4, 0.5) is 0 Å². The van der Waals surface area contributed by atoms with Crippen molar-refractivity contribution in [2.24, 2.45) is 11.7 Å². The molecule has 3 atom stereocenters. The van der Waals surface area contributed by atoms with Gasteiger partial charge in [0.05, 0.1) is 12.4 Å². The molecule has 0 radical (unpaired) electrons. The topological polar surface area (TPSA) is 170 Å². The summed E-state index contributed by atoms with van der Waals surface area (Å²) in [4.78, 5) is 43.8. The Morgan fingerprint density at radius 3 is 2.26 bits per heavy atom. The molecular weight excluding hydrogens is 402 g/mol. The average Bonchev–Trinajstić information content (AvgIpc) is 3.21. The number of carboxylic acids is 1. The zero-order chi connectivity index (χ0) is 23.0. The van der Waals surface area contributed by atoms with Gasteiger partial charge in [0.1, 0.15) is 17.8 Å². The van der Waals surface area contributed by atoms with Crippen molar-refractivity contribution in [3.63, 3.8) is 0 Å². The summed E-state index contributed by atoms with van der Waals surface area (Å²) in [5.41, 5.74) is 7.27. The first kappa shape index (κ1) is 23.9. The molecule has 10 heteroatoms. The van der Waals surface area contributed by atoms with Crippen LogP contribution in [0.25, 0.3) is 0 Å². The number of phenols is 1. The van der Waals surface area contributed by atoms with Crippen LogP contribution >= 0.6 is 0 Å². The Hall–Kier alpha value is -3.40. The van der Waals surface area contributed by atoms with Crippen LogP contribution in [0.3, 0.4) is 0 Å². The lowest BCUT2D eigenvalue weighted by atomic mass is 10.0. The number of carbonyl (C=O) groups is 3. The molecule has 2 amide bonds. The predicted molar refractivity (Wildman–Crippen MR) is 113 cm³/mol. The summed E-state index contributed by atoms with van der Waals surface area (Å²) < 4.78 is 0. The number of aromatic hydroxyl groups is 1. The number of hydrogen-bond donors (Lipinski definition) is 6. The summed E-state index contributed by atoms with van der Waals surface area (Å²) in [5.74, 6) is -2.18. The fraction of sp³-hybridized carbons (Fsp3) is 0.429. The van der Waals surface area contributed by atoms with Gasteiger partial charge in [0.25, 0.3) is 0 Å². The lowest BCUT2D eigenvalue weighted by Gasteiger charge is -2.24. The number of carboxylic acid groups (broad SMARTS) is 1. The molecule has 3 unspecified atom stereocenters. The lowest BCUT2D eigenvalue weighted by molar-refractivity contribution is -0.142. The number of carbonyl (C=O) groups excluding carboxylic acids is 2. The molecule has 168 valence electrons. The maximum Gasteiger partial charge on any atom is 0.326 e. The second-order valence-electron chi connectivity index (χ2n) is 7.85. The zero-order valence-corrected chi connectivity index (χ0v) is 17.5. The Kier molecular flexibility index (Phi) is 8.56. The highest BCUT2D eigenvalue weighted by Gasteiger charge is 2.28. The van der Waals surface area contributed by atoms with E-state index in [1.165, 1.54) is 18.5 Å². The highest BCUT2D eigenvalue weighted by Crippen LogP contribution is 2.12. The van der Waals surface area contributed by atoms with Crippen LogP contribution in [0.15, 0.2) is 36.8 Å². The Balaban J connectivity index is 2.04. The Morgan fingerprint density at radius 1 is 1.06 bits per heavy atom. The summed E-state index contributed by atoms with van der Waals surface area (Å²) in [6, 6.07) is 3.04. The molecule has 0 aliphatic rings. The molecule has 0 fully saturated rings. The Morgan fingerprint density at radius 2 is 1.71 bits per heavy atom. The average molecular weight is 431 g/mol. The summed E-state index contributed by atoms with van der Waals surface area (Å²) in [7, 11) is 0. The molecular formula is C21H29N5O5. The lowest BCUT2D eigenvalue weighted by Crippen LogP contribution is -2.55. The number of rotatable bonds is 11. The van der Waals surface area contributed by atoms with E-state index in [2.05, 4.69) is 20.6 Å². The van der Waals surface area contributed by atoms with Crippen LogP contribution < -0.4 is 16.4 Å². The van der Waals surface area contributed by atoms with E-state index in [4.69, 9.17) is 5.73 Å². The van der Waals surface area contributed by atoms with Crippen molar-refractivity contribution < 1.29 is 24.6 Å². The first-order valence-electron chi connectivity index (χ1n) is 10.00. The third-order valence-corrected chi connectivity index (χ3v) is 4.66. The fourth-order valence-corrected chi connectivity index (χ4v) is 3.05. The SMILES string of the molecule is CC(C)CC(NC(=O)C(N)Cc1cnc[nH]1)C(=O)NC(Cc1ccc(O)cc1)C(=O)O. The molecule has 10 nitrogen and oxygen atoms in total. The van der Waals surface area contributed by atoms with Crippen molar-refractivity contribution in [2.45, 2.75) is 51.2 Å². The normalized spacial score (nSPS) is 13.9. The van der Waals surface area contributed by atoms with Gasteiger partial charge in [-0.15, -0.1) is 0 Å². The number of aliphatic carboxylic acids is 1. The van der Waals surface area contributed by atoms with Crippen LogP contribution in [-0.4, -0.2) is 56.1 Å². The van der Waals surface area contributed by atoms with E-state index in [0.717, 1.165) is 0 Å². The first-order chi connectivity index (χ1) is 14.7. The molecule has 1 aromatic heterocycles. The van der Waals surface area contributed by atoms with Crippen molar-refractivity contribution in [2.75, 3.05) is 0 Å². The molecule has 1 aromatic carbocycles. The highest BCUT2D eigenvalue weighted by molar-refractivity contribution is 5.91. The van der Waals surface area contributed by atoms with Gasteiger partial charge in [0.2, 0.25) is 11.8 Å². The van der Waals surface area contributed by atoms with E-state index >= 15 is 0 Å². The third-order valence-electron chi connectivity index (χ3n) is 4.66. The van der Waals surface area contributed by atoms with Gasteiger partial charge in [-0.25, -0.2) is 9.78 Å². The van der Waals surface area contributed by atoms with E-state index in [1.54, 1.807) is 18.3 Å². The number of nitrogens with zero attached hydrogens (tertiary/aromatic N) is 1. The van der Waals surface area contributed by atoms with Crippen LogP contribution in [-0.2, 0) is 27.2 Å². The molecule has 31 heavy (non-hydrogen) atoms. The van der Waals surface area contributed by atoms with E-state index in [0.29, 0.717) is 17.7 Å². The van der Waals surface area contributed by atoms with E-state index in [9.17, 15) is 24.6 Å². The van der Waals surface area contributed by atoms with Crippen molar-refractivity contribution in [3.05, 3.63) is 48.0 Å². The smallest absolute Gasteiger partial charge is 0.326 e. The highest BCUT2D eigenvalue weighted by atomic mass is 16.4. The van der Waals surface area contributed by atoms with Gasteiger partial charge in [0.15, 0.2) is 0 Å². The zero-order valence-electron chi connectivity index (χ0n) is 17.5. The van der Waals surface area contributed by atoms with Crippen LogP contribution in [0.5, 0.6) is 5.75 Å². The predicted octanol–water partition coefficient (Wildman–Crippen LogP) is 0.328. The van der Waals surface area contributed by atoms with E-state index < -0.39 is 35.9 Å². The van der Waals surface area contributed by atoms with Gasteiger partial charge in [0, 0.05) is 24.7 Å². The van der Waals surface area contributed by atoms with Crippen LogP contribution in [0.1, 0.15) is 31.5 Å². The second-order valence-corrected chi connectivity index (χ2v) is 7.85. The minimum atomic E-state index is -1.20. The minimum absolute atomic E-state index is 0.0308. The first-order valence-corrected chi connectivity index (χ1v) is 10.00. The molecule has 0 saturated carbocycles. The number of nitrogens with one attached hydrogen (secondary N) is 3. The number of aromatic nitrogens is 2. The molecule has 0 saturated heterocycles. The van der Waals surface area contributed by atoms with E-state index in [1.807, 2.05) is 13.8 Å². The second kappa shape index (κ2) is 11.1. The van der Waals surface area contributed by atoms with Crippen molar-refractivity contribution >= 4 is 17.8 Å². The Labute approximate surface area is 180 Å². The minimum Gasteiger partial charge on any atom is -0.508 e. The van der Waals surface area contributed by atoms with Crippen LogP contribution in [0.2, 0.25) is 0 Å². The quantitative estimate of drug-likeness (QED) is 0.298. The number of H-pyrrole nitrogens is 1. The van der Waals surface area contributed by atoms with Gasteiger partial charge in [-0.2, -0.15) is 0 Å². The number of nitrogens with two attached hydrogens (primary N) is 1. The fourth-order valence-electron chi connectivity index (χ4n) is 3.05. The summed E-state index contributed by atoms with van der Waals surface area (Å²) in [6.07, 6.45) is 3.62. The molecule has 0 bridgehead atoms. The maximum absolute atomic E-state index is 12.8. The molecule has 0 aliphatic heterocycles. The number of benzene rings is 1. The summed E-state index contributed by atoms with van der Waals surface area (Å²) >= 11 is 0. The van der Waals surface area contributed by atoms with Crippen molar-refractivity contribution in [1.82, 2.24) is 20.6 Å². The number of hydrogen-bond acceptors (Lipinski definition) is 6. The van der Waals surface area contributed by atoms with Gasteiger partial charge in [-0.1, -0.05) is 26.0 Å². The summed E-state index contributed by atoms with van der Waals surface area (Å²) in [6.45, 7) is 3.78. The van der Waals surface area contributed by atoms with Crippen molar-refractivity contribution in [3.8, 4) is 5.75 Å². The standard InChI is InChI=1S/C21H29N5O5/c1-12(2)7-17(25-19(28)16(22)9-14-10-23-11-24-14)20(29)26-18(21(30)31)8-13-3-5-15(27)6-4-13/h3-6,10-12,16-18,27H,7-9,22H2,1-2H3,(H,23,24)(H,25,28)(H,26,29)(H,30,31). The number of aromatic amines is 1. The molecule has 1 heterocycles. The molecule has 2 rings (SSSR count). The van der Waals surface area contributed by atoms with Gasteiger partial charge in [-0.3, -0.25) is 9.59 Å². The van der Waals surface area contributed by atoms with Gasteiger partial charge in [-0.05, 0) is 30.0 Å². The third kappa shape index (κ3) is 7.74. The number of phenolic OH excluding ortho intramolecular Hbond substituents is 1. The molecule has 0 spiro atoms. The van der Waals surface area contributed by atoms with Gasteiger partial charge < -0.3 is 31.6 Å². The maximum atomic E-state index is 12.8. The molecule has 2 aromatic rings. The monoisotopic (exact) mass is 431 g/mol. The number of amides is 2. The van der Waals surface area contributed by atoms with Gasteiger partial charge >= 0.3 is 5.97 Å². The van der Waals surface area contributed by atoms with E-state index in [-0.39, 0.29) is 24.5 Å². The largest absolute Gasteiger partial charge is 0.508 e. The Bertz CT molecular complexity index is 867.